The summed E-state index contributed by atoms with van der Waals surface area (Å²) < 4.78 is 23.1. The fourth-order valence-corrected chi connectivity index (χ4v) is 2.99. The van der Waals surface area contributed by atoms with Gasteiger partial charge in [-0.25, -0.2) is 8.42 Å². The van der Waals surface area contributed by atoms with E-state index in [-0.39, 0.29) is 23.2 Å². The molecule has 0 atom stereocenters. The van der Waals surface area contributed by atoms with Crippen LogP contribution in [0, 0.1) is 5.92 Å². The van der Waals surface area contributed by atoms with Gasteiger partial charge in [-0.05, 0) is 45.7 Å². The lowest BCUT2D eigenvalue weighted by atomic mass is 9.92. The summed E-state index contributed by atoms with van der Waals surface area (Å²) in [7, 11) is -3.07. The minimum absolute atomic E-state index is 0.00840. The predicted octanol–water partition coefficient (Wildman–Crippen LogP) is 1.16. The third-order valence-corrected chi connectivity index (χ3v) is 5.57. The molecule has 17 heavy (non-hydrogen) atoms. The van der Waals surface area contributed by atoms with E-state index in [1.165, 1.54) is 0 Å². The fraction of sp³-hybridized carbons (Fsp3) is 0.917. The Morgan fingerprint density at radius 1 is 1.29 bits per heavy atom. The maximum Gasteiger partial charge on any atom is 0.153 e. The molecular formula is C12H23NO3S. The van der Waals surface area contributed by atoms with Crippen molar-refractivity contribution in [2.75, 3.05) is 18.8 Å². The maximum absolute atomic E-state index is 11.7. The number of rotatable bonds is 6. The molecule has 1 N–H and O–H groups in total. The minimum Gasteiger partial charge on any atom is -0.317 e. The van der Waals surface area contributed by atoms with Crippen LogP contribution in [0.25, 0.3) is 0 Å². The van der Waals surface area contributed by atoms with Gasteiger partial charge in [-0.2, -0.15) is 0 Å². The van der Waals surface area contributed by atoms with Gasteiger partial charge in [-0.15, -0.1) is 0 Å². The van der Waals surface area contributed by atoms with Crippen molar-refractivity contribution in [3.8, 4) is 0 Å². The number of sulfone groups is 1. The van der Waals surface area contributed by atoms with Gasteiger partial charge in [-0.3, -0.25) is 4.79 Å². The predicted molar refractivity (Wildman–Crippen MR) is 68.8 cm³/mol. The summed E-state index contributed by atoms with van der Waals surface area (Å²) in [6.45, 7) is 5.27. The molecule has 5 heteroatoms. The first kappa shape index (κ1) is 14.6. The lowest BCUT2D eigenvalue weighted by Crippen LogP contribution is -2.29. The zero-order chi connectivity index (χ0) is 12.9. The van der Waals surface area contributed by atoms with Crippen LogP contribution in [0.1, 0.15) is 39.5 Å². The van der Waals surface area contributed by atoms with Gasteiger partial charge in [-0.1, -0.05) is 0 Å². The highest BCUT2D eigenvalue weighted by Crippen LogP contribution is 2.17. The number of carbonyl (C=O) groups is 1. The summed E-state index contributed by atoms with van der Waals surface area (Å²) in [6, 6.07) is 0. The van der Waals surface area contributed by atoms with Gasteiger partial charge in [0.1, 0.15) is 5.78 Å². The largest absolute Gasteiger partial charge is 0.317 e. The molecule has 0 saturated carbocycles. The van der Waals surface area contributed by atoms with E-state index in [1.807, 2.05) is 0 Å². The molecule has 0 aromatic carbocycles. The Hall–Kier alpha value is -0.420. The van der Waals surface area contributed by atoms with Crippen LogP contribution in [0.4, 0.5) is 0 Å². The summed E-state index contributed by atoms with van der Waals surface area (Å²) in [5, 5.41) is 2.87. The first-order valence-corrected chi connectivity index (χ1v) is 8.07. The van der Waals surface area contributed by atoms with Crippen molar-refractivity contribution in [3.05, 3.63) is 0 Å². The second-order valence-corrected chi connectivity index (χ2v) is 7.78. The van der Waals surface area contributed by atoms with Crippen LogP contribution in [0.5, 0.6) is 0 Å². The smallest absolute Gasteiger partial charge is 0.153 e. The first-order chi connectivity index (χ1) is 7.92. The molecule has 0 aromatic heterocycles. The summed E-state index contributed by atoms with van der Waals surface area (Å²) in [5.41, 5.74) is 0. The molecule has 0 amide bonds. The van der Waals surface area contributed by atoms with E-state index in [1.54, 1.807) is 13.8 Å². The SMILES string of the molecule is CC(C)S(=O)(=O)CCC(=O)CC1CCNCC1. The van der Waals surface area contributed by atoms with Crippen molar-refractivity contribution in [2.24, 2.45) is 5.92 Å². The van der Waals surface area contributed by atoms with Crippen LogP contribution < -0.4 is 5.32 Å². The average Bonchev–Trinajstić information content (AvgIpc) is 2.28. The number of hydrogen-bond donors (Lipinski definition) is 1. The van der Waals surface area contributed by atoms with Crippen LogP contribution in [-0.2, 0) is 14.6 Å². The van der Waals surface area contributed by atoms with Gasteiger partial charge in [0.05, 0.1) is 11.0 Å². The van der Waals surface area contributed by atoms with Crippen molar-refractivity contribution in [1.82, 2.24) is 5.32 Å². The highest BCUT2D eigenvalue weighted by atomic mass is 32.2. The molecule has 100 valence electrons. The van der Waals surface area contributed by atoms with Gasteiger partial charge in [0.25, 0.3) is 0 Å². The normalized spacial score (nSPS) is 18.5. The average molecular weight is 261 g/mol. The van der Waals surface area contributed by atoms with Gasteiger partial charge in [0.2, 0.25) is 0 Å². The fourth-order valence-electron chi connectivity index (χ4n) is 2.00. The maximum atomic E-state index is 11.7. The Morgan fingerprint density at radius 2 is 1.88 bits per heavy atom. The van der Waals surface area contributed by atoms with Crippen molar-refractivity contribution >= 4 is 15.6 Å². The van der Waals surface area contributed by atoms with Crippen LogP contribution in [-0.4, -0.2) is 38.3 Å². The molecule has 1 aliphatic rings. The van der Waals surface area contributed by atoms with Crippen LogP contribution >= 0.6 is 0 Å². The zero-order valence-electron chi connectivity index (χ0n) is 10.7. The molecule has 0 aliphatic carbocycles. The van der Waals surface area contributed by atoms with Gasteiger partial charge < -0.3 is 5.32 Å². The van der Waals surface area contributed by atoms with Crippen molar-refractivity contribution in [1.29, 1.82) is 0 Å². The lowest BCUT2D eigenvalue weighted by Gasteiger charge is -2.21. The minimum atomic E-state index is -3.07. The van der Waals surface area contributed by atoms with E-state index in [9.17, 15) is 13.2 Å². The molecule has 0 radical (unpaired) electrons. The Bertz CT molecular complexity index is 343. The monoisotopic (exact) mass is 261 g/mol. The van der Waals surface area contributed by atoms with Crippen LogP contribution in [0.15, 0.2) is 0 Å². The Balaban J connectivity index is 2.30. The van der Waals surface area contributed by atoms with Crippen molar-refractivity contribution in [3.63, 3.8) is 0 Å². The van der Waals surface area contributed by atoms with Crippen molar-refractivity contribution in [2.45, 2.75) is 44.8 Å². The van der Waals surface area contributed by atoms with E-state index in [0.29, 0.717) is 12.3 Å². The number of ketones is 1. The quantitative estimate of drug-likeness (QED) is 0.779. The van der Waals surface area contributed by atoms with Gasteiger partial charge in [0, 0.05) is 12.8 Å². The molecule has 0 unspecified atom stereocenters. The van der Waals surface area contributed by atoms with E-state index >= 15 is 0 Å². The number of nitrogens with one attached hydrogen (secondary N) is 1. The molecule has 1 saturated heterocycles. The molecule has 0 bridgehead atoms. The number of Topliss-reactive ketones (excluding diaryl/α,β-unsaturated/α-hetero) is 1. The summed E-state index contributed by atoms with van der Waals surface area (Å²) in [4.78, 5) is 11.7. The van der Waals surface area contributed by atoms with E-state index in [2.05, 4.69) is 5.32 Å². The van der Waals surface area contributed by atoms with Crippen LogP contribution in [0.2, 0.25) is 0 Å². The molecular weight excluding hydrogens is 238 g/mol. The molecule has 0 spiro atoms. The second-order valence-electron chi connectivity index (χ2n) is 5.10. The van der Waals surface area contributed by atoms with Gasteiger partial charge >= 0.3 is 0 Å². The molecule has 1 aliphatic heterocycles. The zero-order valence-corrected chi connectivity index (χ0v) is 11.6. The van der Waals surface area contributed by atoms with E-state index < -0.39 is 9.84 Å². The first-order valence-electron chi connectivity index (χ1n) is 6.36. The van der Waals surface area contributed by atoms with Crippen molar-refractivity contribution < 1.29 is 13.2 Å². The molecule has 4 nitrogen and oxygen atoms in total. The van der Waals surface area contributed by atoms with Gasteiger partial charge in [0.15, 0.2) is 9.84 Å². The number of carbonyl (C=O) groups excluding carboxylic acids is 1. The summed E-state index contributed by atoms with van der Waals surface area (Å²) >= 11 is 0. The number of hydrogen-bond acceptors (Lipinski definition) is 4. The molecule has 0 aromatic rings. The molecule has 1 rings (SSSR count). The lowest BCUT2D eigenvalue weighted by molar-refractivity contribution is -0.119. The third-order valence-electron chi connectivity index (χ3n) is 3.36. The third kappa shape index (κ3) is 5.17. The topological polar surface area (TPSA) is 63.2 Å². The highest BCUT2D eigenvalue weighted by molar-refractivity contribution is 7.91. The molecule has 1 heterocycles. The number of piperidine rings is 1. The Morgan fingerprint density at radius 3 is 2.41 bits per heavy atom. The second kappa shape index (κ2) is 6.50. The summed E-state index contributed by atoms with van der Waals surface area (Å²) in [5.74, 6) is 0.556. The molecule has 1 fully saturated rings. The van der Waals surface area contributed by atoms with E-state index in [0.717, 1.165) is 25.9 Å². The Kier molecular flexibility index (Phi) is 5.59. The van der Waals surface area contributed by atoms with E-state index in [4.69, 9.17) is 0 Å². The Labute approximate surface area is 104 Å². The summed E-state index contributed by atoms with van der Waals surface area (Å²) in [6.07, 6.45) is 2.80. The highest BCUT2D eigenvalue weighted by Gasteiger charge is 2.20. The van der Waals surface area contributed by atoms with Crippen LogP contribution in [0.3, 0.4) is 0 Å². The standard InChI is InChI=1S/C12H23NO3S/c1-10(2)17(15,16)8-5-12(14)9-11-3-6-13-7-4-11/h10-11,13H,3-9H2,1-2H3.